The number of ether oxygens (including phenoxy) is 2. The molecular formula is C16H21NO3. The quantitative estimate of drug-likeness (QED) is 0.858. The molecule has 2 unspecified atom stereocenters. The van der Waals surface area contributed by atoms with Gasteiger partial charge in [-0.3, -0.25) is 4.79 Å². The maximum Gasteiger partial charge on any atom is 0.306 e. The lowest BCUT2D eigenvalue weighted by atomic mass is 9.90. The number of anilines is 1. The number of benzene rings is 1. The molecule has 20 heavy (non-hydrogen) atoms. The van der Waals surface area contributed by atoms with E-state index in [0.29, 0.717) is 19.1 Å². The summed E-state index contributed by atoms with van der Waals surface area (Å²) >= 11 is 0. The number of hydrogen-bond acceptors (Lipinski definition) is 4. The zero-order valence-corrected chi connectivity index (χ0v) is 11.9. The maximum absolute atomic E-state index is 11.4. The predicted molar refractivity (Wildman–Crippen MR) is 76.7 cm³/mol. The van der Waals surface area contributed by atoms with Gasteiger partial charge in [-0.15, -0.1) is 0 Å². The topological polar surface area (TPSA) is 47.6 Å². The van der Waals surface area contributed by atoms with Crippen molar-refractivity contribution in [1.82, 2.24) is 0 Å². The molecule has 1 fully saturated rings. The number of esters is 1. The first-order chi connectivity index (χ1) is 9.76. The Kier molecular flexibility index (Phi) is 3.92. The number of nitrogens with one attached hydrogen (secondary N) is 1. The first-order valence-corrected chi connectivity index (χ1v) is 7.43. The molecule has 0 aromatic heterocycles. The predicted octanol–water partition coefficient (Wildman–Crippen LogP) is 2.83. The van der Waals surface area contributed by atoms with Crippen LogP contribution in [0.1, 0.15) is 43.4 Å². The number of carbonyl (C=O) groups is 1. The number of aryl methyl sites for hydroxylation is 1. The largest absolute Gasteiger partial charge is 0.466 e. The zero-order valence-electron chi connectivity index (χ0n) is 11.9. The first kappa shape index (κ1) is 13.4. The second kappa shape index (κ2) is 5.83. The van der Waals surface area contributed by atoms with Crippen LogP contribution >= 0.6 is 0 Å². The van der Waals surface area contributed by atoms with Crippen molar-refractivity contribution in [3.05, 3.63) is 29.3 Å². The Morgan fingerprint density at radius 3 is 3.25 bits per heavy atom. The molecule has 0 radical (unpaired) electrons. The smallest absolute Gasteiger partial charge is 0.306 e. The lowest BCUT2D eigenvalue weighted by Gasteiger charge is -2.37. The van der Waals surface area contributed by atoms with E-state index in [1.54, 1.807) is 0 Å². The average molecular weight is 275 g/mol. The van der Waals surface area contributed by atoms with Crippen LogP contribution < -0.4 is 5.32 Å². The minimum Gasteiger partial charge on any atom is -0.466 e. The van der Waals surface area contributed by atoms with Crippen LogP contribution in [0.4, 0.5) is 5.69 Å². The van der Waals surface area contributed by atoms with Gasteiger partial charge >= 0.3 is 5.97 Å². The molecule has 0 amide bonds. The molecule has 3 rings (SSSR count). The normalized spacial score (nSPS) is 23.6. The second-order valence-corrected chi connectivity index (χ2v) is 5.45. The molecule has 0 spiro atoms. The van der Waals surface area contributed by atoms with E-state index in [2.05, 4.69) is 23.5 Å². The first-order valence-electron chi connectivity index (χ1n) is 7.43. The maximum atomic E-state index is 11.4. The summed E-state index contributed by atoms with van der Waals surface area (Å²) in [5.74, 6) is -0.127. The molecule has 2 aliphatic rings. The molecule has 4 nitrogen and oxygen atoms in total. The molecule has 108 valence electrons. The highest BCUT2D eigenvalue weighted by Crippen LogP contribution is 2.39. The van der Waals surface area contributed by atoms with Crippen molar-refractivity contribution in [3.8, 4) is 0 Å². The van der Waals surface area contributed by atoms with Gasteiger partial charge in [0.1, 0.15) is 0 Å². The standard InChI is InChI=1S/C16H21NO3/c1-2-19-16(18)6-4-11-3-5-14-13(9-11)15-10-12(17-14)7-8-20-15/h3,5,9,12,15,17H,2,4,6-8,10H2,1H3. The summed E-state index contributed by atoms with van der Waals surface area (Å²) in [6, 6.07) is 6.93. The van der Waals surface area contributed by atoms with E-state index in [1.165, 1.54) is 16.8 Å². The van der Waals surface area contributed by atoms with Gasteiger partial charge in [0.05, 0.1) is 12.7 Å². The van der Waals surface area contributed by atoms with Gasteiger partial charge in [0.2, 0.25) is 0 Å². The van der Waals surface area contributed by atoms with E-state index in [-0.39, 0.29) is 12.1 Å². The van der Waals surface area contributed by atoms with Crippen LogP contribution in [0.5, 0.6) is 0 Å². The number of fused-ring (bicyclic) bond motifs is 4. The van der Waals surface area contributed by atoms with E-state index in [4.69, 9.17) is 9.47 Å². The Bertz CT molecular complexity index is 500. The van der Waals surface area contributed by atoms with Gasteiger partial charge in [-0.05, 0) is 37.8 Å². The SMILES string of the molecule is CCOC(=O)CCc1ccc2c(c1)C1CC(CCO1)N2. The molecule has 2 bridgehead atoms. The van der Waals surface area contributed by atoms with Crippen molar-refractivity contribution in [2.45, 2.75) is 44.8 Å². The van der Waals surface area contributed by atoms with Gasteiger partial charge in [0, 0.05) is 30.3 Å². The van der Waals surface area contributed by atoms with Gasteiger partial charge in [-0.1, -0.05) is 12.1 Å². The van der Waals surface area contributed by atoms with Crippen molar-refractivity contribution < 1.29 is 14.3 Å². The van der Waals surface area contributed by atoms with Gasteiger partial charge in [-0.25, -0.2) is 0 Å². The Morgan fingerprint density at radius 2 is 2.40 bits per heavy atom. The summed E-state index contributed by atoms with van der Waals surface area (Å²) in [6.45, 7) is 3.11. The minimum atomic E-state index is -0.127. The van der Waals surface area contributed by atoms with E-state index < -0.39 is 0 Å². The fourth-order valence-corrected chi connectivity index (χ4v) is 3.01. The Hall–Kier alpha value is -1.55. The number of hydrogen-bond donors (Lipinski definition) is 1. The van der Waals surface area contributed by atoms with Crippen LogP contribution in [0, 0.1) is 0 Å². The molecule has 1 saturated heterocycles. The minimum absolute atomic E-state index is 0.127. The third kappa shape index (κ3) is 2.80. The molecule has 1 aromatic carbocycles. The van der Waals surface area contributed by atoms with Crippen LogP contribution in [0.25, 0.3) is 0 Å². The highest BCUT2D eigenvalue weighted by Gasteiger charge is 2.30. The van der Waals surface area contributed by atoms with Crippen LogP contribution in [-0.2, 0) is 20.7 Å². The summed E-state index contributed by atoms with van der Waals surface area (Å²) in [4.78, 5) is 11.4. The highest BCUT2D eigenvalue weighted by atomic mass is 16.5. The monoisotopic (exact) mass is 275 g/mol. The Balaban J connectivity index is 1.71. The van der Waals surface area contributed by atoms with Crippen molar-refractivity contribution in [3.63, 3.8) is 0 Å². The molecule has 2 aliphatic heterocycles. The van der Waals surface area contributed by atoms with Gasteiger partial charge < -0.3 is 14.8 Å². The number of carbonyl (C=O) groups excluding carboxylic acids is 1. The third-order valence-electron chi connectivity index (χ3n) is 4.03. The molecular weight excluding hydrogens is 254 g/mol. The van der Waals surface area contributed by atoms with Crippen molar-refractivity contribution in [2.24, 2.45) is 0 Å². The molecule has 0 saturated carbocycles. The summed E-state index contributed by atoms with van der Waals surface area (Å²) in [5, 5.41) is 3.57. The highest BCUT2D eigenvalue weighted by molar-refractivity contribution is 5.69. The summed E-state index contributed by atoms with van der Waals surface area (Å²) in [7, 11) is 0. The van der Waals surface area contributed by atoms with Gasteiger partial charge in [0.25, 0.3) is 0 Å². The molecule has 2 atom stereocenters. The lowest BCUT2D eigenvalue weighted by molar-refractivity contribution is -0.143. The van der Waals surface area contributed by atoms with E-state index >= 15 is 0 Å². The van der Waals surface area contributed by atoms with Crippen molar-refractivity contribution in [1.29, 1.82) is 0 Å². The van der Waals surface area contributed by atoms with Crippen LogP contribution in [0.3, 0.4) is 0 Å². The summed E-state index contributed by atoms with van der Waals surface area (Å²) in [5.41, 5.74) is 3.60. The molecule has 0 aliphatic carbocycles. The third-order valence-corrected chi connectivity index (χ3v) is 4.03. The Labute approximate surface area is 119 Å². The van der Waals surface area contributed by atoms with Crippen molar-refractivity contribution in [2.75, 3.05) is 18.5 Å². The summed E-state index contributed by atoms with van der Waals surface area (Å²) in [6.07, 6.45) is 3.51. The van der Waals surface area contributed by atoms with Crippen LogP contribution in [0.2, 0.25) is 0 Å². The molecule has 4 heteroatoms. The van der Waals surface area contributed by atoms with E-state index in [1.807, 2.05) is 6.92 Å². The van der Waals surface area contributed by atoms with Crippen LogP contribution in [-0.4, -0.2) is 25.2 Å². The fraction of sp³-hybridized carbons (Fsp3) is 0.562. The zero-order chi connectivity index (χ0) is 13.9. The van der Waals surface area contributed by atoms with Crippen molar-refractivity contribution >= 4 is 11.7 Å². The van der Waals surface area contributed by atoms with Gasteiger partial charge in [-0.2, -0.15) is 0 Å². The average Bonchev–Trinajstić information content (AvgIpc) is 2.46. The fourth-order valence-electron chi connectivity index (χ4n) is 3.01. The van der Waals surface area contributed by atoms with Gasteiger partial charge in [0.15, 0.2) is 0 Å². The lowest BCUT2D eigenvalue weighted by Crippen LogP contribution is -2.34. The molecule has 2 heterocycles. The van der Waals surface area contributed by atoms with E-state index in [9.17, 15) is 4.79 Å². The number of rotatable bonds is 4. The molecule has 1 N–H and O–H groups in total. The van der Waals surface area contributed by atoms with Crippen LogP contribution in [0.15, 0.2) is 18.2 Å². The second-order valence-electron chi connectivity index (χ2n) is 5.45. The molecule has 1 aromatic rings. The van der Waals surface area contributed by atoms with E-state index in [0.717, 1.165) is 25.9 Å². The summed E-state index contributed by atoms with van der Waals surface area (Å²) < 4.78 is 10.8. The Morgan fingerprint density at radius 1 is 1.50 bits per heavy atom.